The number of nitrogens with one attached hydrogen (secondary N) is 1. The molecule has 26 heavy (non-hydrogen) atoms. The van der Waals surface area contributed by atoms with Crippen molar-refractivity contribution < 1.29 is 9.47 Å². The van der Waals surface area contributed by atoms with Crippen molar-refractivity contribution in [2.75, 3.05) is 56.8 Å². The van der Waals surface area contributed by atoms with Gasteiger partial charge in [-0.3, -0.25) is 0 Å². The van der Waals surface area contributed by atoms with E-state index >= 15 is 0 Å². The molecule has 140 valence electrons. The molecule has 6 nitrogen and oxygen atoms in total. The molecule has 1 N–H and O–H groups in total. The molecular formula is C20H28N4O2. The fraction of sp³-hybridized carbons (Fsp3) is 0.600. The summed E-state index contributed by atoms with van der Waals surface area (Å²) in [5.41, 5.74) is 2.95. The van der Waals surface area contributed by atoms with Gasteiger partial charge in [0.15, 0.2) is 0 Å². The Balaban J connectivity index is 1.41. The van der Waals surface area contributed by atoms with E-state index in [1.54, 1.807) is 0 Å². The van der Waals surface area contributed by atoms with Gasteiger partial charge in [0.05, 0.1) is 11.7 Å². The Morgan fingerprint density at radius 1 is 1.15 bits per heavy atom. The van der Waals surface area contributed by atoms with Gasteiger partial charge in [-0.05, 0) is 38.1 Å². The Morgan fingerprint density at radius 3 is 2.73 bits per heavy atom. The molecule has 0 amide bonds. The molecule has 0 bridgehead atoms. The van der Waals surface area contributed by atoms with Gasteiger partial charge in [0, 0.05) is 56.9 Å². The van der Waals surface area contributed by atoms with Crippen LogP contribution in [0.2, 0.25) is 0 Å². The van der Waals surface area contributed by atoms with E-state index in [0.29, 0.717) is 12.0 Å². The molecule has 4 aliphatic heterocycles. The Hall–Kier alpha value is -1.92. The third kappa shape index (κ3) is 2.47. The first-order chi connectivity index (χ1) is 12.7. The molecule has 4 heterocycles. The van der Waals surface area contributed by atoms with Crippen molar-refractivity contribution in [2.45, 2.75) is 25.0 Å². The quantitative estimate of drug-likeness (QED) is 0.872. The second-order valence-electron chi connectivity index (χ2n) is 8.11. The summed E-state index contributed by atoms with van der Waals surface area (Å²) in [4.78, 5) is 7.11. The number of hydrogen-bond acceptors (Lipinski definition) is 6. The first-order valence-corrected chi connectivity index (χ1v) is 9.65. The first-order valence-electron chi connectivity index (χ1n) is 9.65. The van der Waals surface area contributed by atoms with Crippen molar-refractivity contribution in [3.8, 4) is 5.75 Å². The molecule has 2 unspecified atom stereocenters. The van der Waals surface area contributed by atoms with Gasteiger partial charge in [0.25, 0.3) is 0 Å². The van der Waals surface area contributed by atoms with E-state index < -0.39 is 0 Å². The second-order valence-corrected chi connectivity index (χ2v) is 8.11. The Labute approximate surface area is 155 Å². The van der Waals surface area contributed by atoms with E-state index in [2.05, 4.69) is 57.7 Å². The summed E-state index contributed by atoms with van der Waals surface area (Å²) in [6.07, 6.45) is 6.96. The molecule has 0 aromatic heterocycles. The van der Waals surface area contributed by atoms with Crippen LogP contribution in [-0.2, 0) is 4.74 Å². The number of fused-ring (bicyclic) bond motifs is 3. The number of nitrogens with zero attached hydrogens (tertiary/aromatic N) is 3. The van der Waals surface area contributed by atoms with E-state index in [0.717, 1.165) is 32.1 Å². The zero-order chi connectivity index (χ0) is 17.7. The molecule has 1 spiro atoms. The van der Waals surface area contributed by atoms with Crippen LogP contribution in [0, 0.1) is 5.41 Å². The summed E-state index contributed by atoms with van der Waals surface area (Å²) in [6, 6.07) is 6.90. The number of rotatable bonds is 2. The average Bonchev–Trinajstić information content (AvgIpc) is 2.94. The predicted molar refractivity (Wildman–Crippen MR) is 103 cm³/mol. The highest BCUT2D eigenvalue weighted by Crippen LogP contribution is 2.45. The molecule has 0 aliphatic carbocycles. The van der Waals surface area contributed by atoms with Crippen LogP contribution < -0.4 is 19.9 Å². The Bertz CT molecular complexity index is 708. The fourth-order valence-corrected chi connectivity index (χ4v) is 4.84. The monoisotopic (exact) mass is 356 g/mol. The molecule has 4 aliphatic rings. The van der Waals surface area contributed by atoms with Gasteiger partial charge in [-0.2, -0.15) is 0 Å². The van der Waals surface area contributed by atoms with E-state index in [9.17, 15) is 0 Å². The van der Waals surface area contributed by atoms with Gasteiger partial charge in [0.2, 0.25) is 0 Å². The normalized spacial score (nSPS) is 29.1. The fourth-order valence-electron chi connectivity index (χ4n) is 4.84. The zero-order valence-corrected chi connectivity index (χ0v) is 15.6. The number of hydrogen-bond donors (Lipinski definition) is 1. The van der Waals surface area contributed by atoms with Crippen molar-refractivity contribution in [1.29, 1.82) is 0 Å². The van der Waals surface area contributed by atoms with Crippen molar-refractivity contribution in [3.63, 3.8) is 0 Å². The first kappa shape index (κ1) is 16.3. The minimum atomic E-state index is 0.245. The van der Waals surface area contributed by atoms with Crippen LogP contribution in [0.1, 0.15) is 12.8 Å². The summed E-state index contributed by atoms with van der Waals surface area (Å²) >= 11 is 0. The van der Waals surface area contributed by atoms with Gasteiger partial charge in [-0.1, -0.05) is 0 Å². The molecule has 2 saturated heterocycles. The molecule has 1 aromatic carbocycles. The Morgan fingerprint density at radius 2 is 1.96 bits per heavy atom. The summed E-state index contributed by atoms with van der Waals surface area (Å²) in [5, 5.41) is 3.41. The van der Waals surface area contributed by atoms with Crippen molar-refractivity contribution in [1.82, 2.24) is 10.2 Å². The lowest BCUT2D eigenvalue weighted by Crippen LogP contribution is -2.58. The molecular weight excluding hydrogens is 328 g/mol. The maximum absolute atomic E-state index is 6.13. The van der Waals surface area contributed by atoms with E-state index in [1.807, 2.05) is 7.05 Å². The van der Waals surface area contributed by atoms with E-state index in [4.69, 9.17) is 9.47 Å². The van der Waals surface area contributed by atoms with Gasteiger partial charge >= 0.3 is 0 Å². The topological polar surface area (TPSA) is 40.2 Å². The largest absolute Gasteiger partial charge is 0.490 e. The van der Waals surface area contributed by atoms with Gasteiger partial charge in [-0.15, -0.1) is 0 Å². The van der Waals surface area contributed by atoms with Crippen LogP contribution in [0.5, 0.6) is 5.75 Å². The second kappa shape index (κ2) is 6.06. The smallest absolute Gasteiger partial charge is 0.143 e. The minimum Gasteiger partial charge on any atom is -0.490 e. The summed E-state index contributed by atoms with van der Waals surface area (Å²) < 4.78 is 11.7. The van der Waals surface area contributed by atoms with Crippen LogP contribution in [0.4, 0.5) is 11.4 Å². The zero-order valence-electron chi connectivity index (χ0n) is 15.6. The lowest BCUT2D eigenvalue weighted by molar-refractivity contribution is -0.000190. The highest BCUT2D eigenvalue weighted by Gasteiger charge is 2.44. The summed E-state index contributed by atoms with van der Waals surface area (Å²) in [5.74, 6) is 0.970. The van der Waals surface area contributed by atoms with Crippen molar-refractivity contribution in [3.05, 3.63) is 30.6 Å². The molecule has 2 atom stereocenters. The highest BCUT2D eigenvalue weighted by molar-refractivity contribution is 5.70. The number of likely N-dealkylation sites (N-methyl/N-ethyl adjacent to an activating group) is 2. The van der Waals surface area contributed by atoms with Crippen LogP contribution in [0.15, 0.2) is 30.6 Å². The molecule has 1 aromatic rings. The molecule has 5 rings (SSSR count). The third-order valence-electron chi connectivity index (χ3n) is 6.51. The molecule has 0 saturated carbocycles. The van der Waals surface area contributed by atoms with Gasteiger partial charge in [-0.25, -0.2) is 0 Å². The number of ether oxygens (including phenoxy) is 2. The SMILES string of the molecule is CNC1COc2ccc(N3CC4(CCOCC4)C3)cc2N2C=CN(C)C12. The van der Waals surface area contributed by atoms with Gasteiger partial charge < -0.3 is 29.5 Å². The van der Waals surface area contributed by atoms with Crippen LogP contribution in [-0.4, -0.2) is 64.1 Å². The molecule has 0 radical (unpaired) electrons. The summed E-state index contributed by atoms with van der Waals surface area (Å²) in [7, 11) is 4.14. The van der Waals surface area contributed by atoms with E-state index in [-0.39, 0.29) is 12.2 Å². The Kier molecular flexibility index (Phi) is 3.79. The standard InChI is InChI=1S/C20H28N4O2/c1-21-16-12-26-18-4-3-15(11-17(18)24-8-7-22(2)19(16)24)23-13-20(14-23)5-9-25-10-6-20/h3-4,7-8,11,16,19,21H,5-6,9-10,12-14H2,1-2H3. The molecule has 2 fully saturated rings. The average molecular weight is 356 g/mol. The lowest BCUT2D eigenvalue weighted by atomic mass is 9.73. The maximum Gasteiger partial charge on any atom is 0.143 e. The number of benzene rings is 1. The minimum absolute atomic E-state index is 0.245. The lowest BCUT2D eigenvalue weighted by Gasteiger charge is -2.53. The van der Waals surface area contributed by atoms with E-state index in [1.165, 1.54) is 24.2 Å². The summed E-state index contributed by atoms with van der Waals surface area (Å²) in [6.45, 7) is 4.80. The predicted octanol–water partition coefficient (Wildman–Crippen LogP) is 1.83. The van der Waals surface area contributed by atoms with Crippen molar-refractivity contribution >= 4 is 11.4 Å². The van der Waals surface area contributed by atoms with Crippen LogP contribution in [0.25, 0.3) is 0 Å². The van der Waals surface area contributed by atoms with Gasteiger partial charge in [0.1, 0.15) is 18.5 Å². The maximum atomic E-state index is 6.13. The van der Waals surface area contributed by atoms with Crippen LogP contribution >= 0.6 is 0 Å². The molecule has 6 heteroatoms. The number of anilines is 2. The highest BCUT2D eigenvalue weighted by atomic mass is 16.5. The third-order valence-corrected chi connectivity index (χ3v) is 6.51. The van der Waals surface area contributed by atoms with Crippen LogP contribution in [0.3, 0.4) is 0 Å². The van der Waals surface area contributed by atoms with Crippen molar-refractivity contribution in [2.24, 2.45) is 5.41 Å².